The average Bonchev–Trinajstić information content (AvgIpc) is 3.25. The lowest BCUT2D eigenvalue weighted by Gasteiger charge is -2.12. The zero-order valence-electron chi connectivity index (χ0n) is 17.9. The van der Waals surface area contributed by atoms with Crippen LogP contribution < -0.4 is 9.47 Å². The number of carbonyl (C=O) groups is 1. The summed E-state index contributed by atoms with van der Waals surface area (Å²) in [4.78, 5) is 12.6. The van der Waals surface area contributed by atoms with Crippen LogP contribution in [0.25, 0.3) is 5.69 Å². The van der Waals surface area contributed by atoms with Gasteiger partial charge in [-0.2, -0.15) is 0 Å². The molecule has 4 aromatic rings. The smallest absolute Gasteiger partial charge is 0.196 e. The summed E-state index contributed by atoms with van der Waals surface area (Å²) in [6, 6.07) is 24.7. The van der Waals surface area contributed by atoms with Gasteiger partial charge in [-0.25, -0.2) is 0 Å². The Labute approximate surface area is 191 Å². The number of ether oxygens (including phenoxy) is 2. The summed E-state index contributed by atoms with van der Waals surface area (Å²) in [7, 11) is 1.63. The van der Waals surface area contributed by atoms with Crippen molar-refractivity contribution in [2.75, 3.05) is 12.9 Å². The number of nitrogens with zero attached hydrogens (tertiary/aromatic N) is 3. The number of ketones is 1. The minimum atomic E-state index is 0.0464. The summed E-state index contributed by atoms with van der Waals surface area (Å²) >= 11 is 1.36. The molecule has 0 saturated carbocycles. The topological polar surface area (TPSA) is 66.2 Å². The van der Waals surface area contributed by atoms with E-state index >= 15 is 0 Å². The molecule has 0 aliphatic heterocycles. The van der Waals surface area contributed by atoms with Gasteiger partial charge >= 0.3 is 0 Å². The fourth-order valence-corrected chi connectivity index (χ4v) is 3.96. The predicted octanol–water partition coefficient (Wildman–Crippen LogP) is 5.14. The fourth-order valence-electron chi connectivity index (χ4n) is 3.10. The molecule has 4 rings (SSSR count). The lowest BCUT2D eigenvalue weighted by atomic mass is 10.2. The van der Waals surface area contributed by atoms with Crippen molar-refractivity contribution in [2.45, 2.75) is 18.7 Å². The molecule has 1 aromatic heterocycles. The monoisotopic (exact) mass is 445 g/mol. The molecule has 3 aromatic carbocycles. The van der Waals surface area contributed by atoms with Crippen LogP contribution in [0.5, 0.6) is 11.5 Å². The number of Topliss-reactive ketones (excluding diaryl/α,β-unsaturated/α-hetero) is 1. The summed E-state index contributed by atoms with van der Waals surface area (Å²) in [6.07, 6.45) is 0. The number of methoxy groups -OCH3 is 1. The van der Waals surface area contributed by atoms with Crippen LogP contribution in [0.1, 0.15) is 21.7 Å². The lowest BCUT2D eigenvalue weighted by molar-refractivity contribution is 0.102. The highest BCUT2D eigenvalue weighted by molar-refractivity contribution is 7.99. The van der Waals surface area contributed by atoms with Gasteiger partial charge in [0.1, 0.15) is 18.1 Å². The van der Waals surface area contributed by atoms with Crippen molar-refractivity contribution in [3.05, 3.63) is 95.8 Å². The summed E-state index contributed by atoms with van der Waals surface area (Å²) in [6.45, 7) is 2.28. The summed E-state index contributed by atoms with van der Waals surface area (Å²) in [5.41, 5.74) is 2.76. The van der Waals surface area contributed by atoms with Crippen molar-refractivity contribution >= 4 is 17.5 Å². The number of thioether (sulfide) groups is 1. The van der Waals surface area contributed by atoms with E-state index in [2.05, 4.69) is 10.2 Å². The van der Waals surface area contributed by atoms with Gasteiger partial charge < -0.3 is 9.47 Å². The third-order valence-corrected chi connectivity index (χ3v) is 5.78. The van der Waals surface area contributed by atoms with E-state index in [9.17, 15) is 4.79 Å². The Morgan fingerprint density at radius 2 is 1.59 bits per heavy atom. The largest absolute Gasteiger partial charge is 0.497 e. The van der Waals surface area contributed by atoms with Crippen molar-refractivity contribution in [2.24, 2.45) is 0 Å². The molecule has 0 unspecified atom stereocenters. The summed E-state index contributed by atoms with van der Waals surface area (Å²) in [5, 5.41) is 9.33. The van der Waals surface area contributed by atoms with Crippen LogP contribution in [0, 0.1) is 6.92 Å². The Hall–Kier alpha value is -3.58. The van der Waals surface area contributed by atoms with E-state index in [1.807, 2.05) is 90.4 Å². The highest BCUT2D eigenvalue weighted by atomic mass is 32.2. The third-order valence-electron chi connectivity index (χ3n) is 4.85. The highest BCUT2D eigenvalue weighted by Gasteiger charge is 2.17. The molecule has 32 heavy (non-hydrogen) atoms. The van der Waals surface area contributed by atoms with Crippen molar-refractivity contribution in [1.82, 2.24) is 14.8 Å². The minimum absolute atomic E-state index is 0.0464. The van der Waals surface area contributed by atoms with E-state index in [4.69, 9.17) is 9.47 Å². The number of aromatic nitrogens is 3. The second-order valence-corrected chi connectivity index (χ2v) is 8.05. The van der Waals surface area contributed by atoms with Gasteiger partial charge in [0.15, 0.2) is 16.8 Å². The summed E-state index contributed by atoms with van der Waals surface area (Å²) in [5.74, 6) is 2.44. The van der Waals surface area contributed by atoms with E-state index in [0.29, 0.717) is 22.3 Å². The van der Waals surface area contributed by atoms with Crippen LogP contribution in [0.4, 0.5) is 0 Å². The van der Waals surface area contributed by atoms with Crippen LogP contribution in [0.3, 0.4) is 0 Å². The second kappa shape index (κ2) is 10.2. The molecular formula is C25H23N3O3S. The molecule has 6 nitrogen and oxygen atoms in total. The van der Waals surface area contributed by atoms with E-state index < -0.39 is 0 Å². The molecule has 0 atom stereocenters. The van der Waals surface area contributed by atoms with Crippen molar-refractivity contribution < 1.29 is 14.3 Å². The number of hydrogen-bond acceptors (Lipinski definition) is 6. The van der Waals surface area contributed by atoms with Gasteiger partial charge in [0.05, 0.1) is 12.9 Å². The first-order valence-electron chi connectivity index (χ1n) is 10.1. The van der Waals surface area contributed by atoms with Gasteiger partial charge in [0, 0.05) is 11.3 Å². The van der Waals surface area contributed by atoms with Crippen molar-refractivity contribution in [1.29, 1.82) is 0 Å². The molecule has 1 heterocycles. The predicted molar refractivity (Wildman–Crippen MR) is 125 cm³/mol. The molecule has 7 heteroatoms. The zero-order valence-corrected chi connectivity index (χ0v) is 18.7. The van der Waals surface area contributed by atoms with Crippen LogP contribution in [-0.4, -0.2) is 33.4 Å². The van der Waals surface area contributed by atoms with Gasteiger partial charge in [-0.15, -0.1) is 10.2 Å². The standard InChI is InChI=1S/C25H23N3O3S/c1-18-8-10-20(11-9-18)28-24(16-31-22-14-12-21(30-2)13-15-22)26-27-25(28)32-17-23(29)19-6-4-3-5-7-19/h3-15H,16-17H2,1-2H3. The molecule has 0 bridgehead atoms. The van der Waals surface area contributed by atoms with Gasteiger partial charge in [0.2, 0.25) is 0 Å². The van der Waals surface area contributed by atoms with Gasteiger partial charge in [-0.3, -0.25) is 9.36 Å². The minimum Gasteiger partial charge on any atom is -0.497 e. The average molecular weight is 446 g/mol. The number of hydrogen-bond donors (Lipinski definition) is 0. The molecule has 0 N–H and O–H groups in total. The first kappa shape index (κ1) is 21.6. The van der Waals surface area contributed by atoms with Gasteiger partial charge in [0.25, 0.3) is 0 Å². The molecule has 0 aliphatic rings. The van der Waals surface area contributed by atoms with Crippen molar-refractivity contribution in [3.63, 3.8) is 0 Å². The first-order chi connectivity index (χ1) is 15.6. The molecule has 0 radical (unpaired) electrons. The molecule has 0 aliphatic carbocycles. The Morgan fingerprint density at radius 1 is 0.906 bits per heavy atom. The molecule has 0 saturated heterocycles. The van der Waals surface area contributed by atoms with Crippen LogP contribution >= 0.6 is 11.8 Å². The maximum atomic E-state index is 12.6. The van der Waals surface area contributed by atoms with E-state index in [1.54, 1.807) is 7.11 Å². The number of benzene rings is 3. The van der Waals surface area contributed by atoms with Crippen LogP contribution in [0.2, 0.25) is 0 Å². The number of rotatable bonds is 9. The number of aryl methyl sites for hydroxylation is 1. The number of carbonyl (C=O) groups excluding carboxylic acids is 1. The van der Waals surface area contributed by atoms with Crippen LogP contribution in [-0.2, 0) is 6.61 Å². The van der Waals surface area contributed by atoms with E-state index in [1.165, 1.54) is 11.8 Å². The normalized spacial score (nSPS) is 10.7. The maximum Gasteiger partial charge on any atom is 0.196 e. The Kier molecular flexibility index (Phi) is 6.87. The Morgan fingerprint density at radius 3 is 2.28 bits per heavy atom. The molecule has 162 valence electrons. The van der Waals surface area contributed by atoms with Crippen molar-refractivity contribution in [3.8, 4) is 17.2 Å². The third kappa shape index (κ3) is 5.18. The van der Waals surface area contributed by atoms with Crippen LogP contribution in [0.15, 0.2) is 84.0 Å². The van der Waals surface area contributed by atoms with E-state index in [-0.39, 0.29) is 18.1 Å². The fraction of sp³-hybridized carbons (Fsp3) is 0.160. The Balaban J connectivity index is 1.55. The molecular weight excluding hydrogens is 422 g/mol. The zero-order chi connectivity index (χ0) is 22.3. The maximum absolute atomic E-state index is 12.6. The molecule has 0 fully saturated rings. The van der Waals surface area contributed by atoms with Gasteiger partial charge in [-0.1, -0.05) is 59.8 Å². The van der Waals surface area contributed by atoms with Gasteiger partial charge in [-0.05, 0) is 43.3 Å². The Bertz CT molecular complexity index is 1170. The second-order valence-electron chi connectivity index (χ2n) is 7.11. The lowest BCUT2D eigenvalue weighted by Crippen LogP contribution is -2.08. The molecule has 0 amide bonds. The first-order valence-corrected chi connectivity index (χ1v) is 11.1. The van der Waals surface area contributed by atoms with E-state index in [0.717, 1.165) is 17.0 Å². The quantitative estimate of drug-likeness (QED) is 0.263. The highest BCUT2D eigenvalue weighted by Crippen LogP contribution is 2.25. The summed E-state index contributed by atoms with van der Waals surface area (Å²) < 4.78 is 13.1. The molecule has 0 spiro atoms. The SMILES string of the molecule is COc1ccc(OCc2nnc(SCC(=O)c3ccccc3)n2-c2ccc(C)cc2)cc1.